The fourth-order valence-corrected chi connectivity index (χ4v) is 0.998. The second kappa shape index (κ2) is 4.77. The first kappa shape index (κ1) is 9.92. The summed E-state index contributed by atoms with van der Waals surface area (Å²) in [6, 6.07) is 3.20. The number of carboxylic acid groups (broad SMARTS) is 1. The van der Waals surface area contributed by atoms with Crippen LogP contribution in [-0.4, -0.2) is 21.4 Å². The number of allylic oxidation sites excluding steroid dienone is 1. The average molecular weight is 242 g/mol. The fourth-order valence-electron chi connectivity index (χ4n) is 0.811. The lowest BCUT2D eigenvalue weighted by atomic mass is 10.2. The molecule has 0 atom stereocenters. The SMILES string of the molecule is O=C(O)c1ccc(C=CCBr)cn1. The van der Waals surface area contributed by atoms with Gasteiger partial charge in [0.15, 0.2) is 0 Å². The zero-order valence-electron chi connectivity index (χ0n) is 6.77. The molecule has 0 bridgehead atoms. The Hall–Kier alpha value is -1.16. The Bertz CT molecular complexity index is 319. The number of pyridine rings is 1. The van der Waals surface area contributed by atoms with Crippen molar-refractivity contribution in [2.24, 2.45) is 0 Å². The minimum Gasteiger partial charge on any atom is -0.477 e. The van der Waals surface area contributed by atoms with Crippen LogP contribution in [0.2, 0.25) is 0 Å². The molecule has 0 radical (unpaired) electrons. The third kappa shape index (κ3) is 2.99. The lowest BCUT2D eigenvalue weighted by Gasteiger charge is -1.94. The van der Waals surface area contributed by atoms with Crippen molar-refractivity contribution in [1.29, 1.82) is 0 Å². The van der Waals surface area contributed by atoms with Crippen LogP contribution in [0.15, 0.2) is 24.4 Å². The number of nitrogens with zero attached hydrogens (tertiary/aromatic N) is 1. The van der Waals surface area contributed by atoms with E-state index in [0.717, 1.165) is 10.9 Å². The molecule has 1 heterocycles. The van der Waals surface area contributed by atoms with Crippen molar-refractivity contribution in [3.8, 4) is 0 Å². The van der Waals surface area contributed by atoms with Gasteiger partial charge in [-0.15, -0.1) is 0 Å². The molecule has 4 heteroatoms. The molecule has 0 aromatic carbocycles. The van der Waals surface area contributed by atoms with Crippen molar-refractivity contribution in [1.82, 2.24) is 4.98 Å². The summed E-state index contributed by atoms with van der Waals surface area (Å²) in [4.78, 5) is 14.2. The van der Waals surface area contributed by atoms with E-state index in [9.17, 15) is 4.79 Å². The van der Waals surface area contributed by atoms with Crippen LogP contribution in [-0.2, 0) is 0 Å². The van der Waals surface area contributed by atoms with Crippen LogP contribution >= 0.6 is 15.9 Å². The summed E-state index contributed by atoms with van der Waals surface area (Å²) in [5.41, 5.74) is 0.959. The summed E-state index contributed by atoms with van der Waals surface area (Å²) < 4.78 is 0. The Morgan fingerprint density at radius 3 is 2.85 bits per heavy atom. The quantitative estimate of drug-likeness (QED) is 0.826. The van der Waals surface area contributed by atoms with Gasteiger partial charge in [-0.05, 0) is 11.6 Å². The molecule has 3 nitrogen and oxygen atoms in total. The highest BCUT2D eigenvalue weighted by Crippen LogP contribution is 2.02. The van der Waals surface area contributed by atoms with E-state index in [4.69, 9.17) is 5.11 Å². The summed E-state index contributed by atoms with van der Waals surface area (Å²) >= 11 is 3.24. The number of halogens is 1. The minimum atomic E-state index is -1.00. The highest BCUT2D eigenvalue weighted by molar-refractivity contribution is 9.09. The topological polar surface area (TPSA) is 50.2 Å². The molecule has 1 aromatic heterocycles. The number of carbonyl (C=O) groups is 1. The van der Waals surface area contributed by atoms with Crippen molar-refractivity contribution >= 4 is 28.0 Å². The molecule has 1 N–H and O–H groups in total. The van der Waals surface area contributed by atoms with Gasteiger partial charge in [0.2, 0.25) is 0 Å². The molecule has 0 spiro atoms. The van der Waals surface area contributed by atoms with Crippen LogP contribution < -0.4 is 0 Å². The smallest absolute Gasteiger partial charge is 0.354 e. The number of alkyl halides is 1. The Balaban J connectivity index is 2.81. The molecule has 0 amide bonds. The molecule has 0 unspecified atom stereocenters. The molecule has 1 aromatic rings. The van der Waals surface area contributed by atoms with E-state index in [0.29, 0.717) is 0 Å². The van der Waals surface area contributed by atoms with E-state index < -0.39 is 5.97 Å². The minimum absolute atomic E-state index is 0.0657. The summed E-state index contributed by atoms with van der Waals surface area (Å²) in [6.45, 7) is 0. The Labute approximate surface area is 84.2 Å². The standard InChI is InChI=1S/C9H8BrNO2/c10-5-1-2-7-3-4-8(9(12)13)11-6-7/h1-4,6H,5H2,(H,12,13). The fraction of sp³-hybridized carbons (Fsp3) is 0.111. The second-order valence-corrected chi connectivity index (χ2v) is 2.99. The highest BCUT2D eigenvalue weighted by atomic mass is 79.9. The van der Waals surface area contributed by atoms with Crippen molar-refractivity contribution in [2.45, 2.75) is 0 Å². The number of hydrogen-bond donors (Lipinski definition) is 1. The van der Waals surface area contributed by atoms with E-state index in [1.807, 2.05) is 12.2 Å². The monoisotopic (exact) mass is 241 g/mol. The van der Waals surface area contributed by atoms with Crippen LogP contribution in [0.3, 0.4) is 0 Å². The maximum absolute atomic E-state index is 10.4. The molecule has 0 saturated carbocycles. The Morgan fingerprint density at radius 1 is 1.62 bits per heavy atom. The summed E-state index contributed by atoms with van der Waals surface area (Å²) in [6.07, 6.45) is 5.31. The van der Waals surface area contributed by atoms with Crippen molar-refractivity contribution in [3.05, 3.63) is 35.7 Å². The van der Waals surface area contributed by atoms with Gasteiger partial charge < -0.3 is 5.11 Å². The van der Waals surface area contributed by atoms with Gasteiger partial charge in [-0.1, -0.05) is 34.1 Å². The first-order chi connectivity index (χ1) is 6.24. The zero-order chi connectivity index (χ0) is 9.68. The van der Waals surface area contributed by atoms with Crippen LogP contribution in [0.5, 0.6) is 0 Å². The Kier molecular flexibility index (Phi) is 3.64. The van der Waals surface area contributed by atoms with Gasteiger partial charge in [0, 0.05) is 11.5 Å². The maximum Gasteiger partial charge on any atom is 0.354 e. The number of aromatic carboxylic acids is 1. The number of carboxylic acids is 1. The van der Waals surface area contributed by atoms with E-state index >= 15 is 0 Å². The largest absolute Gasteiger partial charge is 0.477 e. The van der Waals surface area contributed by atoms with Crippen LogP contribution in [0.4, 0.5) is 0 Å². The lowest BCUT2D eigenvalue weighted by molar-refractivity contribution is 0.0690. The molecule has 0 aliphatic carbocycles. The number of aromatic nitrogens is 1. The molecule has 0 aliphatic rings. The summed E-state index contributed by atoms with van der Waals surface area (Å²) in [5, 5.41) is 9.34. The first-order valence-corrected chi connectivity index (χ1v) is 4.78. The van der Waals surface area contributed by atoms with Crippen molar-refractivity contribution < 1.29 is 9.90 Å². The highest BCUT2D eigenvalue weighted by Gasteiger charge is 2.01. The van der Waals surface area contributed by atoms with E-state index in [-0.39, 0.29) is 5.69 Å². The number of hydrogen-bond acceptors (Lipinski definition) is 2. The van der Waals surface area contributed by atoms with Gasteiger partial charge in [0.25, 0.3) is 0 Å². The molecular formula is C9H8BrNO2. The molecule has 0 aliphatic heterocycles. The first-order valence-electron chi connectivity index (χ1n) is 3.66. The van der Waals surface area contributed by atoms with Crippen LogP contribution in [0.1, 0.15) is 16.1 Å². The normalized spacial score (nSPS) is 10.5. The average Bonchev–Trinajstić information content (AvgIpc) is 2.15. The predicted molar refractivity (Wildman–Crippen MR) is 54.0 cm³/mol. The maximum atomic E-state index is 10.4. The van der Waals surface area contributed by atoms with Gasteiger partial charge in [0.05, 0.1) is 0 Å². The third-order valence-corrected chi connectivity index (χ3v) is 1.78. The molecule has 1 rings (SSSR count). The Morgan fingerprint density at radius 2 is 2.38 bits per heavy atom. The van der Waals surface area contributed by atoms with E-state index in [1.54, 1.807) is 6.07 Å². The van der Waals surface area contributed by atoms with Gasteiger partial charge in [-0.3, -0.25) is 0 Å². The van der Waals surface area contributed by atoms with Crippen molar-refractivity contribution in [2.75, 3.05) is 5.33 Å². The summed E-state index contributed by atoms with van der Waals surface area (Å²) in [5.74, 6) is -1.00. The molecule has 0 fully saturated rings. The van der Waals surface area contributed by atoms with Crippen LogP contribution in [0.25, 0.3) is 6.08 Å². The second-order valence-electron chi connectivity index (χ2n) is 2.34. The molecular weight excluding hydrogens is 234 g/mol. The molecule has 68 valence electrons. The van der Waals surface area contributed by atoms with E-state index in [1.165, 1.54) is 12.3 Å². The van der Waals surface area contributed by atoms with Crippen molar-refractivity contribution in [3.63, 3.8) is 0 Å². The predicted octanol–water partition coefficient (Wildman–Crippen LogP) is 2.19. The van der Waals surface area contributed by atoms with Gasteiger partial charge >= 0.3 is 5.97 Å². The lowest BCUT2D eigenvalue weighted by Crippen LogP contribution is -1.98. The van der Waals surface area contributed by atoms with Gasteiger partial charge in [0.1, 0.15) is 5.69 Å². The molecule has 0 saturated heterocycles. The number of rotatable bonds is 3. The van der Waals surface area contributed by atoms with Crippen LogP contribution in [0, 0.1) is 0 Å². The summed E-state index contributed by atoms with van der Waals surface area (Å²) in [7, 11) is 0. The zero-order valence-corrected chi connectivity index (χ0v) is 8.36. The van der Waals surface area contributed by atoms with Gasteiger partial charge in [-0.25, -0.2) is 9.78 Å². The molecule has 13 heavy (non-hydrogen) atoms. The van der Waals surface area contributed by atoms with E-state index in [2.05, 4.69) is 20.9 Å². The third-order valence-electron chi connectivity index (χ3n) is 1.40. The van der Waals surface area contributed by atoms with Gasteiger partial charge in [-0.2, -0.15) is 0 Å².